The third kappa shape index (κ3) is 2.56. The Kier molecular flexibility index (Phi) is 3.56. The fraction of sp³-hybridized carbons (Fsp3) is 0.636. The van der Waals surface area contributed by atoms with Crippen LogP contribution in [0.3, 0.4) is 0 Å². The molecule has 78 valence electrons. The highest BCUT2D eigenvalue weighted by atomic mass is 32.1. The predicted molar refractivity (Wildman–Crippen MR) is 59.6 cm³/mol. The molecule has 1 aromatic heterocycles. The van der Waals surface area contributed by atoms with E-state index in [0.29, 0.717) is 0 Å². The van der Waals surface area contributed by atoms with Crippen molar-refractivity contribution in [1.82, 2.24) is 4.90 Å². The molecule has 1 aliphatic heterocycles. The average molecular weight is 211 g/mol. The molecule has 0 saturated carbocycles. The molecule has 0 bridgehead atoms. The van der Waals surface area contributed by atoms with E-state index in [0.717, 1.165) is 25.2 Å². The Labute approximate surface area is 89.2 Å². The highest BCUT2D eigenvalue weighted by Gasteiger charge is 2.15. The number of hydrogen-bond acceptors (Lipinski definition) is 3. The molecule has 2 heterocycles. The van der Waals surface area contributed by atoms with Gasteiger partial charge in [0.1, 0.15) is 0 Å². The van der Waals surface area contributed by atoms with Gasteiger partial charge in [0.05, 0.1) is 6.10 Å². The molecule has 0 amide bonds. The topological polar surface area (TPSA) is 23.5 Å². The van der Waals surface area contributed by atoms with Crippen LogP contribution in [0.15, 0.2) is 16.8 Å². The summed E-state index contributed by atoms with van der Waals surface area (Å²) < 4.78 is 0. The summed E-state index contributed by atoms with van der Waals surface area (Å²) in [5.74, 6) is 0. The maximum absolute atomic E-state index is 9.93. The van der Waals surface area contributed by atoms with Crippen LogP contribution in [0, 0.1) is 0 Å². The number of piperidine rings is 1. The molecule has 1 aromatic rings. The van der Waals surface area contributed by atoms with Crippen LogP contribution in [0.2, 0.25) is 0 Å². The van der Waals surface area contributed by atoms with Gasteiger partial charge in [-0.2, -0.15) is 11.3 Å². The van der Waals surface area contributed by atoms with E-state index in [1.807, 2.05) is 16.8 Å². The van der Waals surface area contributed by atoms with E-state index in [2.05, 4.69) is 4.90 Å². The number of aliphatic hydroxyl groups excluding tert-OH is 1. The van der Waals surface area contributed by atoms with Crippen molar-refractivity contribution in [3.8, 4) is 0 Å². The standard InChI is InChI=1S/C11H17NOS/c13-11(10-4-7-14-9-10)8-12-5-2-1-3-6-12/h4,7,9,11,13H,1-3,5-6,8H2. The Morgan fingerprint density at radius 1 is 1.36 bits per heavy atom. The van der Waals surface area contributed by atoms with E-state index in [1.165, 1.54) is 19.3 Å². The van der Waals surface area contributed by atoms with Gasteiger partial charge in [-0.3, -0.25) is 0 Å². The third-order valence-corrected chi connectivity index (χ3v) is 3.51. The van der Waals surface area contributed by atoms with Gasteiger partial charge in [0.15, 0.2) is 0 Å². The maximum atomic E-state index is 9.93. The van der Waals surface area contributed by atoms with Gasteiger partial charge < -0.3 is 10.0 Å². The van der Waals surface area contributed by atoms with Gasteiger partial charge in [0, 0.05) is 6.54 Å². The van der Waals surface area contributed by atoms with Crippen LogP contribution in [0.5, 0.6) is 0 Å². The molecule has 3 heteroatoms. The minimum atomic E-state index is -0.292. The Hall–Kier alpha value is -0.380. The molecule has 0 aromatic carbocycles. The average Bonchev–Trinajstić information content (AvgIpc) is 2.72. The van der Waals surface area contributed by atoms with Crippen LogP contribution in [-0.4, -0.2) is 29.6 Å². The first-order valence-corrected chi connectivity index (χ1v) is 6.23. The maximum Gasteiger partial charge on any atom is 0.0924 e. The minimum Gasteiger partial charge on any atom is -0.387 e. The second-order valence-electron chi connectivity index (χ2n) is 3.93. The number of rotatable bonds is 3. The summed E-state index contributed by atoms with van der Waals surface area (Å²) in [4.78, 5) is 2.37. The van der Waals surface area contributed by atoms with E-state index in [9.17, 15) is 5.11 Å². The molecule has 0 radical (unpaired) electrons. The zero-order chi connectivity index (χ0) is 9.80. The number of β-amino-alcohol motifs (C(OH)–C–C–N with tert-alkyl or cyclic N) is 1. The van der Waals surface area contributed by atoms with Crippen molar-refractivity contribution in [2.45, 2.75) is 25.4 Å². The summed E-state index contributed by atoms with van der Waals surface area (Å²) in [6, 6.07) is 2.01. The minimum absolute atomic E-state index is 0.292. The number of aliphatic hydroxyl groups is 1. The fourth-order valence-electron chi connectivity index (χ4n) is 1.96. The van der Waals surface area contributed by atoms with E-state index < -0.39 is 0 Å². The van der Waals surface area contributed by atoms with Crippen molar-refractivity contribution in [3.05, 3.63) is 22.4 Å². The lowest BCUT2D eigenvalue weighted by Crippen LogP contribution is -2.33. The molecule has 1 atom stereocenters. The van der Waals surface area contributed by atoms with Crippen molar-refractivity contribution in [2.75, 3.05) is 19.6 Å². The van der Waals surface area contributed by atoms with Crippen LogP contribution in [-0.2, 0) is 0 Å². The first-order valence-electron chi connectivity index (χ1n) is 5.29. The summed E-state index contributed by atoms with van der Waals surface area (Å²) in [7, 11) is 0. The van der Waals surface area contributed by atoms with Crippen LogP contribution in [0.4, 0.5) is 0 Å². The molecule has 1 N–H and O–H groups in total. The van der Waals surface area contributed by atoms with Crippen molar-refractivity contribution in [2.24, 2.45) is 0 Å². The van der Waals surface area contributed by atoms with Crippen molar-refractivity contribution in [1.29, 1.82) is 0 Å². The smallest absolute Gasteiger partial charge is 0.0924 e. The molecule has 2 rings (SSSR count). The summed E-state index contributed by atoms with van der Waals surface area (Å²) in [6.45, 7) is 3.11. The Morgan fingerprint density at radius 2 is 2.14 bits per heavy atom. The zero-order valence-electron chi connectivity index (χ0n) is 8.35. The van der Waals surface area contributed by atoms with E-state index >= 15 is 0 Å². The first-order chi connectivity index (χ1) is 6.86. The van der Waals surface area contributed by atoms with Gasteiger partial charge in [-0.1, -0.05) is 6.42 Å². The lowest BCUT2D eigenvalue weighted by atomic mass is 10.1. The van der Waals surface area contributed by atoms with Crippen molar-refractivity contribution >= 4 is 11.3 Å². The van der Waals surface area contributed by atoms with Crippen molar-refractivity contribution < 1.29 is 5.11 Å². The van der Waals surface area contributed by atoms with E-state index in [1.54, 1.807) is 11.3 Å². The number of nitrogens with zero attached hydrogens (tertiary/aromatic N) is 1. The third-order valence-electron chi connectivity index (χ3n) is 2.81. The van der Waals surface area contributed by atoms with Gasteiger partial charge in [-0.05, 0) is 48.3 Å². The second-order valence-corrected chi connectivity index (χ2v) is 4.71. The molecule has 1 fully saturated rings. The van der Waals surface area contributed by atoms with Crippen LogP contribution >= 0.6 is 11.3 Å². The van der Waals surface area contributed by atoms with E-state index in [4.69, 9.17) is 0 Å². The molecule has 0 aliphatic carbocycles. The number of thiophene rings is 1. The van der Waals surface area contributed by atoms with Gasteiger partial charge >= 0.3 is 0 Å². The highest BCUT2D eigenvalue weighted by molar-refractivity contribution is 7.07. The Balaban J connectivity index is 1.84. The molecule has 1 saturated heterocycles. The second kappa shape index (κ2) is 4.91. The number of hydrogen-bond donors (Lipinski definition) is 1. The van der Waals surface area contributed by atoms with Gasteiger partial charge in [0.25, 0.3) is 0 Å². The predicted octanol–water partition coefficient (Wildman–Crippen LogP) is 2.27. The molecular formula is C11H17NOS. The largest absolute Gasteiger partial charge is 0.387 e. The van der Waals surface area contributed by atoms with Gasteiger partial charge in [-0.15, -0.1) is 0 Å². The Bertz CT molecular complexity index is 254. The zero-order valence-corrected chi connectivity index (χ0v) is 9.17. The SMILES string of the molecule is OC(CN1CCCCC1)c1ccsc1. The molecule has 14 heavy (non-hydrogen) atoms. The molecular weight excluding hydrogens is 194 g/mol. The lowest BCUT2D eigenvalue weighted by molar-refractivity contribution is 0.102. The lowest BCUT2D eigenvalue weighted by Gasteiger charge is -2.28. The van der Waals surface area contributed by atoms with Crippen molar-refractivity contribution in [3.63, 3.8) is 0 Å². The fourth-order valence-corrected chi connectivity index (χ4v) is 2.66. The molecule has 0 spiro atoms. The van der Waals surface area contributed by atoms with Crippen LogP contribution < -0.4 is 0 Å². The monoisotopic (exact) mass is 211 g/mol. The van der Waals surface area contributed by atoms with Gasteiger partial charge in [0.2, 0.25) is 0 Å². The molecule has 1 aliphatic rings. The van der Waals surface area contributed by atoms with Crippen LogP contribution in [0.1, 0.15) is 30.9 Å². The first kappa shape index (κ1) is 10.1. The summed E-state index contributed by atoms with van der Waals surface area (Å²) >= 11 is 1.65. The number of likely N-dealkylation sites (tertiary alicyclic amines) is 1. The Morgan fingerprint density at radius 3 is 2.79 bits per heavy atom. The summed E-state index contributed by atoms with van der Waals surface area (Å²) in [6.07, 6.45) is 3.64. The van der Waals surface area contributed by atoms with Crippen LogP contribution in [0.25, 0.3) is 0 Å². The summed E-state index contributed by atoms with van der Waals surface area (Å²) in [5.41, 5.74) is 1.07. The quantitative estimate of drug-likeness (QED) is 0.829. The highest BCUT2D eigenvalue weighted by Crippen LogP contribution is 2.19. The van der Waals surface area contributed by atoms with E-state index in [-0.39, 0.29) is 6.10 Å². The normalized spacial score (nSPS) is 20.9. The molecule has 2 nitrogen and oxygen atoms in total. The molecule has 1 unspecified atom stereocenters. The summed E-state index contributed by atoms with van der Waals surface area (Å²) in [5, 5.41) is 14.0. The van der Waals surface area contributed by atoms with Gasteiger partial charge in [-0.25, -0.2) is 0 Å².